The molecular weight excluding hydrogens is 188 g/mol. The van der Waals surface area contributed by atoms with Crippen LogP contribution in [0.4, 0.5) is 0 Å². The maximum Gasteiger partial charge on any atom is 0.337 e. The highest BCUT2D eigenvalue weighted by Gasteiger charge is 2.40. The highest BCUT2D eigenvalue weighted by Crippen LogP contribution is 2.24. The number of rotatable bonds is 3. The summed E-state index contributed by atoms with van der Waals surface area (Å²) in [5.41, 5.74) is 0. The first-order chi connectivity index (χ1) is 6.46. The molecule has 0 aliphatic carbocycles. The Labute approximate surface area is 82.9 Å². The van der Waals surface area contributed by atoms with E-state index in [1.54, 1.807) is 20.8 Å². The Morgan fingerprint density at radius 3 is 2.79 bits per heavy atom. The van der Waals surface area contributed by atoms with E-state index >= 15 is 0 Å². The third-order valence-corrected chi connectivity index (χ3v) is 1.91. The van der Waals surface area contributed by atoms with Crippen LogP contribution in [0.3, 0.4) is 0 Å². The highest BCUT2D eigenvalue weighted by atomic mass is 16.7. The van der Waals surface area contributed by atoms with Crippen molar-refractivity contribution in [3.63, 3.8) is 0 Å². The van der Waals surface area contributed by atoms with Crippen molar-refractivity contribution in [1.29, 1.82) is 0 Å². The number of esters is 1. The monoisotopic (exact) mass is 204 g/mol. The summed E-state index contributed by atoms with van der Waals surface area (Å²) in [5, 5.41) is 9.50. The van der Waals surface area contributed by atoms with E-state index in [0.717, 1.165) is 0 Å². The maximum atomic E-state index is 11.1. The van der Waals surface area contributed by atoms with Crippen molar-refractivity contribution in [2.75, 3.05) is 13.2 Å². The zero-order chi connectivity index (χ0) is 10.8. The quantitative estimate of drug-likeness (QED) is 0.659. The first kappa shape index (κ1) is 11.4. The molecule has 0 saturated carbocycles. The number of hydrogen-bond acceptors (Lipinski definition) is 5. The molecule has 1 N–H and O–H groups in total. The van der Waals surface area contributed by atoms with Crippen LogP contribution in [0.25, 0.3) is 0 Å². The Kier molecular flexibility index (Phi) is 3.47. The van der Waals surface area contributed by atoms with Crippen molar-refractivity contribution in [2.45, 2.75) is 38.8 Å². The van der Waals surface area contributed by atoms with E-state index in [1.807, 2.05) is 0 Å². The molecule has 82 valence electrons. The SMILES string of the molecule is CCOC(=O)[C@@H](O)[C@@H]1COC(C)(C)O1. The molecule has 0 aromatic rings. The van der Waals surface area contributed by atoms with Crippen LogP contribution >= 0.6 is 0 Å². The van der Waals surface area contributed by atoms with Gasteiger partial charge in [-0.2, -0.15) is 0 Å². The van der Waals surface area contributed by atoms with Crippen LogP contribution in [-0.2, 0) is 19.0 Å². The third-order valence-electron chi connectivity index (χ3n) is 1.91. The predicted octanol–water partition coefficient (Wildman–Crippen LogP) is 0.0619. The van der Waals surface area contributed by atoms with Gasteiger partial charge in [-0.3, -0.25) is 0 Å². The minimum Gasteiger partial charge on any atom is -0.464 e. The van der Waals surface area contributed by atoms with Gasteiger partial charge in [0, 0.05) is 0 Å². The average molecular weight is 204 g/mol. The van der Waals surface area contributed by atoms with Gasteiger partial charge in [-0.05, 0) is 20.8 Å². The van der Waals surface area contributed by atoms with Crippen LogP contribution in [0.2, 0.25) is 0 Å². The van der Waals surface area contributed by atoms with Gasteiger partial charge in [0.15, 0.2) is 11.9 Å². The van der Waals surface area contributed by atoms with E-state index < -0.39 is 24.0 Å². The molecule has 0 unspecified atom stereocenters. The van der Waals surface area contributed by atoms with Gasteiger partial charge in [0.05, 0.1) is 13.2 Å². The fourth-order valence-corrected chi connectivity index (χ4v) is 1.25. The molecule has 0 aromatic carbocycles. The van der Waals surface area contributed by atoms with E-state index in [0.29, 0.717) is 0 Å². The lowest BCUT2D eigenvalue weighted by Crippen LogP contribution is -2.38. The summed E-state index contributed by atoms with van der Waals surface area (Å²) < 4.78 is 15.2. The first-order valence-electron chi connectivity index (χ1n) is 4.63. The van der Waals surface area contributed by atoms with Gasteiger partial charge in [-0.25, -0.2) is 4.79 Å². The van der Waals surface area contributed by atoms with E-state index in [9.17, 15) is 9.90 Å². The van der Waals surface area contributed by atoms with Gasteiger partial charge >= 0.3 is 5.97 Å². The second kappa shape index (κ2) is 4.25. The minimum absolute atomic E-state index is 0.201. The van der Waals surface area contributed by atoms with Crippen LogP contribution < -0.4 is 0 Å². The third kappa shape index (κ3) is 2.67. The number of carbonyl (C=O) groups is 1. The molecule has 5 nitrogen and oxygen atoms in total. The number of hydrogen-bond donors (Lipinski definition) is 1. The summed E-state index contributed by atoms with van der Waals surface area (Å²) >= 11 is 0. The Hall–Kier alpha value is -0.650. The summed E-state index contributed by atoms with van der Waals surface area (Å²) in [6.07, 6.45) is -1.90. The fraction of sp³-hybridized carbons (Fsp3) is 0.889. The summed E-state index contributed by atoms with van der Waals surface area (Å²) in [4.78, 5) is 11.1. The zero-order valence-electron chi connectivity index (χ0n) is 8.65. The minimum atomic E-state index is -1.27. The van der Waals surface area contributed by atoms with Crippen LogP contribution in [0, 0.1) is 0 Å². The lowest BCUT2D eigenvalue weighted by atomic mass is 10.2. The summed E-state index contributed by atoms with van der Waals surface area (Å²) in [6, 6.07) is 0. The molecular formula is C9H16O5. The van der Waals surface area contributed by atoms with Crippen molar-refractivity contribution in [1.82, 2.24) is 0 Å². The Bertz CT molecular complexity index is 213. The largest absolute Gasteiger partial charge is 0.464 e. The molecule has 1 aliphatic heterocycles. The number of aliphatic hydroxyl groups is 1. The van der Waals surface area contributed by atoms with Gasteiger partial charge in [-0.1, -0.05) is 0 Å². The maximum absolute atomic E-state index is 11.1. The fourth-order valence-electron chi connectivity index (χ4n) is 1.25. The molecule has 0 amide bonds. The lowest BCUT2D eigenvalue weighted by molar-refractivity contribution is -0.172. The van der Waals surface area contributed by atoms with E-state index in [-0.39, 0.29) is 13.2 Å². The van der Waals surface area contributed by atoms with Crippen LogP contribution in [0.5, 0.6) is 0 Å². The van der Waals surface area contributed by atoms with Crippen LogP contribution in [0.1, 0.15) is 20.8 Å². The van der Waals surface area contributed by atoms with Gasteiger partial charge in [0.1, 0.15) is 6.10 Å². The van der Waals surface area contributed by atoms with Gasteiger partial charge in [0.2, 0.25) is 0 Å². The second-order valence-electron chi connectivity index (χ2n) is 3.56. The van der Waals surface area contributed by atoms with Gasteiger partial charge < -0.3 is 19.3 Å². The molecule has 0 radical (unpaired) electrons. The smallest absolute Gasteiger partial charge is 0.337 e. The molecule has 1 heterocycles. The molecule has 1 saturated heterocycles. The zero-order valence-corrected chi connectivity index (χ0v) is 8.65. The van der Waals surface area contributed by atoms with E-state index in [4.69, 9.17) is 9.47 Å². The van der Waals surface area contributed by atoms with Gasteiger partial charge in [-0.15, -0.1) is 0 Å². The molecule has 1 fully saturated rings. The first-order valence-corrected chi connectivity index (χ1v) is 4.63. The highest BCUT2D eigenvalue weighted by molar-refractivity contribution is 5.75. The predicted molar refractivity (Wildman–Crippen MR) is 47.5 cm³/mol. The van der Waals surface area contributed by atoms with E-state index in [1.165, 1.54) is 0 Å². The lowest BCUT2D eigenvalue weighted by Gasteiger charge is -2.19. The van der Waals surface area contributed by atoms with Crippen molar-refractivity contribution in [3.05, 3.63) is 0 Å². The van der Waals surface area contributed by atoms with Crippen LogP contribution in [-0.4, -0.2) is 42.3 Å². The van der Waals surface area contributed by atoms with Gasteiger partial charge in [0.25, 0.3) is 0 Å². The van der Waals surface area contributed by atoms with E-state index in [2.05, 4.69) is 4.74 Å². The molecule has 0 spiro atoms. The molecule has 0 bridgehead atoms. The van der Waals surface area contributed by atoms with Crippen molar-refractivity contribution < 1.29 is 24.1 Å². The Balaban J connectivity index is 2.46. The topological polar surface area (TPSA) is 65.0 Å². The molecule has 1 rings (SSSR count). The van der Waals surface area contributed by atoms with Crippen LogP contribution in [0.15, 0.2) is 0 Å². The molecule has 2 atom stereocenters. The molecule has 14 heavy (non-hydrogen) atoms. The van der Waals surface area contributed by atoms with Crippen molar-refractivity contribution in [3.8, 4) is 0 Å². The average Bonchev–Trinajstić information content (AvgIpc) is 2.45. The van der Waals surface area contributed by atoms with Crippen molar-refractivity contribution in [2.24, 2.45) is 0 Å². The van der Waals surface area contributed by atoms with Crippen molar-refractivity contribution >= 4 is 5.97 Å². The molecule has 5 heteroatoms. The Morgan fingerprint density at radius 2 is 2.36 bits per heavy atom. The standard InChI is InChI=1S/C9H16O5/c1-4-12-8(11)7(10)6-5-13-9(2,3)14-6/h6-7,10H,4-5H2,1-3H3/t6-,7-/m0/s1. The summed E-state index contributed by atoms with van der Waals surface area (Å²) in [7, 11) is 0. The normalized spacial score (nSPS) is 27.3. The summed E-state index contributed by atoms with van der Waals surface area (Å²) in [6.45, 7) is 5.58. The number of ether oxygens (including phenoxy) is 3. The second-order valence-corrected chi connectivity index (χ2v) is 3.56. The number of carbonyl (C=O) groups excluding carboxylic acids is 1. The summed E-state index contributed by atoms with van der Waals surface area (Å²) in [5.74, 6) is -1.41. The number of aliphatic hydroxyl groups excluding tert-OH is 1. The molecule has 1 aliphatic rings. The molecule has 0 aromatic heterocycles. The Morgan fingerprint density at radius 1 is 1.71 bits per heavy atom.